The van der Waals surface area contributed by atoms with Crippen molar-refractivity contribution in [2.75, 3.05) is 18.5 Å². The van der Waals surface area contributed by atoms with Crippen LogP contribution in [0.2, 0.25) is 0 Å². The predicted octanol–water partition coefficient (Wildman–Crippen LogP) is -1.13. The number of anilines is 1. The Labute approximate surface area is 182 Å². The van der Waals surface area contributed by atoms with E-state index in [-0.39, 0.29) is 0 Å². The van der Waals surface area contributed by atoms with Crippen LogP contribution in [0.5, 0.6) is 0 Å². The SMILES string of the molecule is C[P+](=O)Cc1ccc(NC(=O)CNC(=O)[C@H]2O[C@@H](n3ccc(=O)[nH]c3=O)C(O)[C@@H]2O)cc1. The van der Waals surface area contributed by atoms with Gasteiger partial charge in [0.2, 0.25) is 5.91 Å². The van der Waals surface area contributed by atoms with Crippen molar-refractivity contribution in [3.05, 3.63) is 62.9 Å². The first-order chi connectivity index (χ1) is 15.2. The fourth-order valence-electron chi connectivity index (χ4n) is 3.16. The molecule has 5 atom stereocenters. The summed E-state index contributed by atoms with van der Waals surface area (Å²) in [6.45, 7) is 1.19. The number of hydrogen-bond donors (Lipinski definition) is 5. The molecule has 0 bridgehead atoms. The van der Waals surface area contributed by atoms with Crippen LogP contribution in [0, 0.1) is 0 Å². The lowest BCUT2D eigenvalue weighted by atomic mass is 10.1. The molecule has 1 aromatic carbocycles. The van der Waals surface area contributed by atoms with Crippen molar-refractivity contribution >= 4 is 25.3 Å². The molecule has 1 saturated heterocycles. The van der Waals surface area contributed by atoms with Crippen LogP contribution in [-0.4, -0.2) is 63.1 Å². The van der Waals surface area contributed by atoms with Crippen LogP contribution < -0.4 is 21.9 Å². The first-order valence-electron chi connectivity index (χ1n) is 9.53. The number of carbonyl (C=O) groups excluding carboxylic acids is 2. The van der Waals surface area contributed by atoms with E-state index in [4.69, 9.17) is 4.74 Å². The van der Waals surface area contributed by atoms with Crippen LogP contribution in [0.1, 0.15) is 11.8 Å². The maximum absolute atomic E-state index is 12.4. The molecule has 0 saturated carbocycles. The topological polar surface area (TPSA) is 180 Å². The van der Waals surface area contributed by atoms with E-state index in [0.717, 1.165) is 22.4 Å². The number of aliphatic hydroxyl groups is 2. The minimum atomic E-state index is -1.67. The van der Waals surface area contributed by atoms with Gasteiger partial charge in [0.05, 0.1) is 6.54 Å². The van der Waals surface area contributed by atoms with Gasteiger partial charge in [0.1, 0.15) is 18.9 Å². The highest BCUT2D eigenvalue weighted by Gasteiger charge is 2.47. The van der Waals surface area contributed by atoms with Gasteiger partial charge in [0.15, 0.2) is 18.5 Å². The monoisotopic (exact) mass is 465 g/mol. The summed E-state index contributed by atoms with van der Waals surface area (Å²) in [6.07, 6.45) is -4.74. The van der Waals surface area contributed by atoms with Crippen molar-refractivity contribution in [2.24, 2.45) is 0 Å². The fraction of sp³-hybridized carbons (Fsp3) is 0.368. The molecule has 1 aliphatic rings. The quantitative estimate of drug-likeness (QED) is 0.319. The van der Waals surface area contributed by atoms with E-state index in [9.17, 15) is 34.0 Å². The Balaban J connectivity index is 1.56. The first-order valence-corrected chi connectivity index (χ1v) is 11.4. The number of ether oxygens (including phenoxy) is 1. The number of aliphatic hydroxyl groups excluding tert-OH is 2. The van der Waals surface area contributed by atoms with Gasteiger partial charge in [0.25, 0.3) is 11.5 Å². The van der Waals surface area contributed by atoms with Crippen LogP contribution in [0.25, 0.3) is 0 Å². The second-order valence-electron chi connectivity index (χ2n) is 7.19. The van der Waals surface area contributed by atoms with E-state index >= 15 is 0 Å². The van der Waals surface area contributed by atoms with Gasteiger partial charge in [-0.15, -0.1) is 0 Å². The molecular weight excluding hydrogens is 443 g/mol. The van der Waals surface area contributed by atoms with E-state index < -0.39 is 61.9 Å². The molecule has 0 spiro atoms. The normalized spacial score (nSPS) is 22.9. The van der Waals surface area contributed by atoms with Gasteiger partial charge >= 0.3 is 13.5 Å². The summed E-state index contributed by atoms with van der Waals surface area (Å²) in [5.41, 5.74) is -0.201. The predicted molar refractivity (Wildman–Crippen MR) is 113 cm³/mol. The third-order valence-corrected chi connectivity index (χ3v) is 5.50. The Morgan fingerprint density at radius 2 is 1.84 bits per heavy atom. The highest BCUT2D eigenvalue weighted by atomic mass is 31.1. The van der Waals surface area contributed by atoms with Crippen molar-refractivity contribution in [1.82, 2.24) is 14.9 Å². The molecule has 32 heavy (non-hydrogen) atoms. The molecule has 12 nitrogen and oxygen atoms in total. The van der Waals surface area contributed by atoms with E-state index in [1.165, 1.54) is 0 Å². The van der Waals surface area contributed by atoms with Gasteiger partial charge in [-0.2, -0.15) is 0 Å². The lowest BCUT2D eigenvalue weighted by Crippen LogP contribution is -2.45. The Morgan fingerprint density at radius 1 is 1.16 bits per heavy atom. The summed E-state index contributed by atoms with van der Waals surface area (Å²) in [7, 11) is -1.32. The average Bonchev–Trinajstić information content (AvgIpc) is 3.02. The zero-order valence-electron chi connectivity index (χ0n) is 16.9. The Kier molecular flexibility index (Phi) is 7.31. The summed E-state index contributed by atoms with van der Waals surface area (Å²) in [5.74, 6) is -1.41. The number of aromatic nitrogens is 2. The molecule has 2 aromatic rings. The lowest BCUT2D eigenvalue weighted by Gasteiger charge is -2.16. The smallest absolute Gasteiger partial charge is 0.340 e. The van der Waals surface area contributed by atoms with Gasteiger partial charge in [-0.25, -0.2) is 4.79 Å². The van der Waals surface area contributed by atoms with Gasteiger partial charge in [-0.3, -0.25) is 23.9 Å². The van der Waals surface area contributed by atoms with Crippen LogP contribution in [0.4, 0.5) is 5.69 Å². The minimum absolute atomic E-state index is 0.432. The number of nitrogens with one attached hydrogen (secondary N) is 3. The number of H-pyrrole nitrogens is 1. The number of rotatable bonds is 7. The third kappa shape index (κ3) is 5.54. The van der Waals surface area contributed by atoms with Crippen LogP contribution in [0.15, 0.2) is 46.1 Å². The molecular formula is C19H22N4O8P+. The van der Waals surface area contributed by atoms with Gasteiger partial charge in [0, 0.05) is 18.0 Å². The number of hydrogen-bond acceptors (Lipinski definition) is 8. The molecule has 1 aromatic heterocycles. The fourth-order valence-corrected chi connectivity index (χ4v) is 3.88. The van der Waals surface area contributed by atoms with Gasteiger partial charge in [-0.1, -0.05) is 16.7 Å². The number of aromatic amines is 1. The molecule has 1 aliphatic heterocycles. The maximum Gasteiger partial charge on any atom is 0.340 e. The number of carbonyl (C=O) groups is 2. The molecule has 170 valence electrons. The molecule has 5 N–H and O–H groups in total. The summed E-state index contributed by atoms with van der Waals surface area (Å²) < 4.78 is 17.4. The summed E-state index contributed by atoms with van der Waals surface area (Å²) in [6, 6.07) is 7.76. The van der Waals surface area contributed by atoms with Crippen molar-refractivity contribution < 1.29 is 29.1 Å². The van der Waals surface area contributed by atoms with Crippen molar-refractivity contribution in [3.8, 4) is 0 Å². The minimum Gasteiger partial charge on any atom is -0.387 e. The molecule has 0 radical (unpaired) electrons. The molecule has 2 heterocycles. The zero-order valence-corrected chi connectivity index (χ0v) is 17.8. The van der Waals surface area contributed by atoms with Gasteiger partial charge in [-0.05, 0) is 17.7 Å². The van der Waals surface area contributed by atoms with Crippen molar-refractivity contribution in [2.45, 2.75) is 30.7 Å². The summed E-state index contributed by atoms with van der Waals surface area (Å²) in [5, 5.41) is 25.2. The zero-order chi connectivity index (χ0) is 23.4. The standard InChI is InChI=1S/C19H21N4O8P/c1-32(30)9-10-2-4-11(5-3-10)21-13(25)8-20-17(28)16-14(26)15(27)18(31-16)23-7-6-12(24)22-19(23)29/h2-7,14-16,18,26-27H,8-9H2,1H3,(H2-,20,21,22,24,25,28,29)/p+1/t14-,15?,16-,18+/m0/s1. The maximum atomic E-state index is 12.4. The first kappa shape index (κ1) is 23.5. The largest absolute Gasteiger partial charge is 0.387 e. The summed E-state index contributed by atoms with van der Waals surface area (Å²) in [4.78, 5) is 49.5. The molecule has 0 aliphatic carbocycles. The Bertz CT molecular complexity index is 1130. The lowest BCUT2D eigenvalue weighted by molar-refractivity contribution is -0.138. The van der Waals surface area contributed by atoms with Crippen LogP contribution in [0.3, 0.4) is 0 Å². The third-order valence-electron chi connectivity index (χ3n) is 4.69. The number of benzene rings is 1. The Hall–Kier alpha value is -3.18. The molecule has 13 heteroatoms. The second kappa shape index (κ2) is 9.96. The molecule has 2 unspecified atom stereocenters. The number of nitrogens with zero attached hydrogens (tertiary/aromatic N) is 1. The van der Waals surface area contributed by atoms with Crippen molar-refractivity contribution in [1.29, 1.82) is 0 Å². The summed E-state index contributed by atoms with van der Waals surface area (Å²) >= 11 is 0. The van der Waals surface area contributed by atoms with E-state index in [2.05, 4.69) is 10.6 Å². The molecule has 2 amide bonds. The van der Waals surface area contributed by atoms with E-state index in [1.807, 2.05) is 4.98 Å². The van der Waals surface area contributed by atoms with E-state index in [0.29, 0.717) is 11.8 Å². The molecule has 1 fully saturated rings. The average molecular weight is 465 g/mol. The van der Waals surface area contributed by atoms with Crippen LogP contribution >= 0.6 is 7.80 Å². The van der Waals surface area contributed by atoms with Gasteiger partial charge < -0.3 is 25.6 Å². The Morgan fingerprint density at radius 3 is 2.47 bits per heavy atom. The van der Waals surface area contributed by atoms with Crippen molar-refractivity contribution in [3.63, 3.8) is 0 Å². The second-order valence-corrected chi connectivity index (χ2v) is 8.77. The van der Waals surface area contributed by atoms with Crippen LogP contribution in [-0.2, 0) is 25.1 Å². The highest BCUT2D eigenvalue weighted by Crippen LogP contribution is 2.28. The highest BCUT2D eigenvalue weighted by molar-refractivity contribution is 7.42. The number of amides is 2. The van der Waals surface area contributed by atoms with E-state index in [1.54, 1.807) is 30.9 Å². The molecule has 3 rings (SSSR count).